The standard InChI is InChI=1S/C36H50F2N4O8S/c1-6-10-29(11-7-2)51(49,50)22-26(20-42-33(45)36(4,5)40-34(42)46)32(44)39-30(17-25-15-27(37)18-28(38)16-25)31(43)21-41(35(47)48)19-24-13-9-12-23(8-3)14-24/h9,12-16,18,26,29-31,43H,6-8,10-11,17,19-22H2,1-5H3,(H,39,44)(H,40,46)(H,47,48)/t26?,30-,31+/m0/s1. The highest BCUT2D eigenvalue weighted by molar-refractivity contribution is 7.92. The Morgan fingerprint density at radius 2 is 1.59 bits per heavy atom. The van der Waals surface area contributed by atoms with Crippen LogP contribution in [0.1, 0.15) is 77.0 Å². The first kappa shape index (κ1) is 41.3. The molecule has 3 rings (SSSR count). The molecule has 0 radical (unpaired) electrons. The minimum atomic E-state index is -3.97. The lowest BCUT2D eigenvalue weighted by atomic mass is 9.98. The summed E-state index contributed by atoms with van der Waals surface area (Å²) < 4.78 is 55.9. The predicted octanol–water partition coefficient (Wildman–Crippen LogP) is 4.43. The van der Waals surface area contributed by atoms with Crippen molar-refractivity contribution in [2.45, 2.75) is 103 Å². The van der Waals surface area contributed by atoms with Crippen molar-refractivity contribution in [1.82, 2.24) is 20.4 Å². The molecule has 0 spiro atoms. The maximum Gasteiger partial charge on any atom is 0.407 e. The fourth-order valence-corrected chi connectivity index (χ4v) is 8.56. The van der Waals surface area contributed by atoms with E-state index in [1.165, 1.54) is 13.8 Å². The number of urea groups is 1. The first-order chi connectivity index (χ1) is 23.9. The Bertz CT molecular complexity index is 1650. The second kappa shape index (κ2) is 17.9. The van der Waals surface area contributed by atoms with Crippen molar-refractivity contribution in [3.63, 3.8) is 0 Å². The van der Waals surface area contributed by atoms with E-state index >= 15 is 0 Å². The zero-order valence-corrected chi connectivity index (χ0v) is 30.6. The number of hydrogen-bond donors (Lipinski definition) is 4. The number of carboxylic acid groups (broad SMARTS) is 1. The second-order valence-electron chi connectivity index (χ2n) is 13.7. The van der Waals surface area contributed by atoms with Gasteiger partial charge in [0.25, 0.3) is 5.91 Å². The molecule has 0 saturated carbocycles. The predicted molar refractivity (Wildman–Crippen MR) is 187 cm³/mol. The molecule has 5 amide bonds. The van der Waals surface area contributed by atoms with Gasteiger partial charge < -0.3 is 25.7 Å². The van der Waals surface area contributed by atoms with Gasteiger partial charge in [-0.15, -0.1) is 0 Å². The van der Waals surface area contributed by atoms with Crippen molar-refractivity contribution in [2.75, 3.05) is 18.8 Å². The van der Waals surface area contributed by atoms with Crippen molar-refractivity contribution in [3.8, 4) is 0 Å². The van der Waals surface area contributed by atoms with Gasteiger partial charge in [0.15, 0.2) is 9.84 Å². The number of carbonyl (C=O) groups excluding carboxylic acids is 3. The number of aliphatic hydroxyl groups is 1. The molecule has 12 nitrogen and oxygen atoms in total. The molecule has 1 aliphatic rings. The highest BCUT2D eigenvalue weighted by Crippen LogP contribution is 2.23. The summed E-state index contributed by atoms with van der Waals surface area (Å²) in [5, 5.41) is 25.8. The van der Waals surface area contributed by atoms with Gasteiger partial charge in [-0.05, 0) is 68.4 Å². The lowest BCUT2D eigenvalue weighted by molar-refractivity contribution is -0.132. The summed E-state index contributed by atoms with van der Waals surface area (Å²) in [5.74, 6) is -5.69. The zero-order valence-electron chi connectivity index (χ0n) is 29.8. The largest absolute Gasteiger partial charge is 0.465 e. The number of nitrogens with zero attached hydrogens (tertiary/aromatic N) is 2. The third kappa shape index (κ3) is 11.4. The van der Waals surface area contributed by atoms with Gasteiger partial charge in [-0.3, -0.25) is 14.5 Å². The van der Waals surface area contributed by atoms with Crippen LogP contribution in [0.2, 0.25) is 0 Å². The van der Waals surface area contributed by atoms with Gasteiger partial charge in [-0.25, -0.2) is 26.8 Å². The van der Waals surface area contributed by atoms with Gasteiger partial charge >= 0.3 is 12.1 Å². The Hall–Kier alpha value is -4.11. The summed E-state index contributed by atoms with van der Waals surface area (Å²) in [5.41, 5.74) is 0.333. The van der Waals surface area contributed by atoms with Crippen LogP contribution in [0.15, 0.2) is 42.5 Å². The van der Waals surface area contributed by atoms with Crippen LogP contribution in [0.4, 0.5) is 18.4 Å². The maximum absolute atomic E-state index is 14.2. The van der Waals surface area contributed by atoms with Crippen molar-refractivity contribution in [3.05, 3.63) is 70.8 Å². The monoisotopic (exact) mass is 736 g/mol. The van der Waals surface area contributed by atoms with Gasteiger partial charge in [0.1, 0.15) is 17.2 Å². The molecule has 1 aliphatic heterocycles. The molecule has 51 heavy (non-hydrogen) atoms. The molecule has 2 aromatic carbocycles. The average molecular weight is 737 g/mol. The average Bonchev–Trinajstić information content (AvgIpc) is 3.24. The quantitative estimate of drug-likeness (QED) is 0.153. The number of carbonyl (C=O) groups is 4. The van der Waals surface area contributed by atoms with Crippen molar-refractivity contribution >= 4 is 33.8 Å². The molecular formula is C36H50F2N4O8S. The van der Waals surface area contributed by atoms with Crippen LogP contribution in [0.5, 0.6) is 0 Å². The fourth-order valence-electron chi connectivity index (χ4n) is 6.28. The second-order valence-corrected chi connectivity index (χ2v) is 16.0. The highest BCUT2D eigenvalue weighted by Gasteiger charge is 2.46. The van der Waals surface area contributed by atoms with Crippen molar-refractivity contribution in [1.29, 1.82) is 0 Å². The number of imide groups is 1. The van der Waals surface area contributed by atoms with E-state index in [0.717, 1.165) is 27.5 Å². The summed E-state index contributed by atoms with van der Waals surface area (Å²) in [7, 11) is -3.97. The first-order valence-corrected chi connectivity index (χ1v) is 19.0. The molecule has 15 heteroatoms. The Morgan fingerprint density at radius 1 is 0.980 bits per heavy atom. The number of nitrogens with one attached hydrogen (secondary N) is 2. The molecule has 282 valence electrons. The molecule has 0 aliphatic carbocycles. The third-order valence-corrected chi connectivity index (χ3v) is 11.4. The summed E-state index contributed by atoms with van der Waals surface area (Å²) in [6.45, 7) is 7.29. The van der Waals surface area contributed by atoms with E-state index in [9.17, 15) is 46.6 Å². The van der Waals surface area contributed by atoms with Crippen LogP contribution in [0.25, 0.3) is 0 Å². The van der Waals surface area contributed by atoms with E-state index in [1.807, 2.05) is 32.9 Å². The number of halogens is 2. The first-order valence-electron chi connectivity index (χ1n) is 17.2. The molecule has 4 N–H and O–H groups in total. The topological polar surface area (TPSA) is 173 Å². The Morgan fingerprint density at radius 3 is 2.12 bits per heavy atom. The number of aliphatic hydroxyl groups excluding tert-OH is 1. The van der Waals surface area contributed by atoms with Crippen LogP contribution in [-0.2, 0) is 38.8 Å². The van der Waals surface area contributed by atoms with Gasteiger partial charge in [0.05, 0.1) is 35.6 Å². The summed E-state index contributed by atoms with van der Waals surface area (Å²) in [6.07, 6.45) is -0.902. The van der Waals surface area contributed by atoms with Gasteiger partial charge in [0.2, 0.25) is 5.91 Å². The number of benzene rings is 2. The smallest absolute Gasteiger partial charge is 0.407 e. The Balaban J connectivity index is 1.99. The van der Waals surface area contributed by atoms with Crippen LogP contribution in [0, 0.1) is 17.6 Å². The number of aryl methyl sites for hydroxylation is 1. The third-order valence-electron chi connectivity index (χ3n) is 9.00. The van der Waals surface area contributed by atoms with Crippen LogP contribution >= 0.6 is 0 Å². The van der Waals surface area contributed by atoms with E-state index in [1.54, 1.807) is 12.1 Å². The fraction of sp³-hybridized carbons (Fsp3) is 0.556. The molecule has 1 fully saturated rings. The normalized spacial score (nSPS) is 16.1. The molecule has 1 heterocycles. The van der Waals surface area contributed by atoms with Gasteiger partial charge in [-0.1, -0.05) is 57.9 Å². The lowest BCUT2D eigenvalue weighted by Crippen LogP contribution is -2.54. The van der Waals surface area contributed by atoms with Crippen LogP contribution in [0.3, 0.4) is 0 Å². The SMILES string of the molecule is CCCC(CCC)S(=O)(=O)CC(CN1C(=O)NC(C)(C)C1=O)C(=O)N[C@@H](Cc1cc(F)cc(F)c1)[C@H](O)CN(Cc1cccc(CC)c1)C(=O)O. The van der Waals surface area contributed by atoms with E-state index in [2.05, 4.69) is 10.6 Å². The van der Waals surface area contributed by atoms with Crippen LogP contribution < -0.4 is 10.6 Å². The van der Waals surface area contributed by atoms with Crippen molar-refractivity contribution in [2.24, 2.45) is 5.92 Å². The minimum Gasteiger partial charge on any atom is -0.465 e. The van der Waals surface area contributed by atoms with E-state index in [-0.39, 0.29) is 18.5 Å². The maximum atomic E-state index is 14.2. The zero-order chi connectivity index (χ0) is 38.1. The summed E-state index contributed by atoms with van der Waals surface area (Å²) >= 11 is 0. The van der Waals surface area contributed by atoms with Gasteiger partial charge in [-0.2, -0.15) is 0 Å². The summed E-state index contributed by atoms with van der Waals surface area (Å²) in [6, 6.07) is 7.66. The summed E-state index contributed by atoms with van der Waals surface area (Å²) in [4.78, 5) is 54.0. The number of hydrogen-bond acceptors (Lipinski definition) is 7. The highest BCUT2D eigenvalue weighted by atomic mass is 32.2. The van der Waals surface area contributed by atoms with Crippen molar-refractivity contribution < 1.29 is 46.6 Å². The minimum absolute atomic E-state index is 0.0281. The lowest BCUT2D eigenvalue weighted by Gasteiger charge is -2.31. The molecule has 0 aromatic heterocycles. The molecule has 2 aromatic rings. The number of rotatable bonds is 19. The Kier molecular flexibility index (Phi) is 14.5. The molecule has 3 atom stereocenters. The molecule has 1 unspecified atom stereocenters. The number of amides is 5. The van der Waals surface area contributed by atoms with E-state index in [0.29, 0.717) is 43.7 Å². The van der Waals surface area contributed by atoms with Crippen LogP contribution in [-0.4, -0.2) is 94.1 Å². The Labute approximate surface area is 298 Å². The van der Waals surface area contributed by atoms with E-state index < -0.39 is 93.1 Å². The van der Waals surface area contributed by atoms with Gasteiger partial charge in [0, 0.05) is 19.2 Å². The number of sulfone groups is 1. The molecule has 1 saturated heterocycles. The van der Waals surface area contributed by atoms with E-state index in [4.69, 9.17) is 0 Å². The molecule has 0 bridgehead atoms. The molecular weight excluding hydrogens is 686 g/mol.